The third-order valence-corrected chi connectivity index (χ3v) is 2.91. The highest BCUT2D eigenvalue weighted by atomic mass is 35.5. The molecule has 0 N–H and O–H groups in total. The molecule has 19 heavy (non-hydrogen) atoms. The van der Waals surface area contributed by atoms with E-state index in [4.69, 9.17) is 16.3 Å². The predicted octanol–water partition coefficient (Wildman–Crippen LogP) is 4.00. The molecule has 0 saturated carbocycles. The second-order valence-corrected chi connectivity index (χ2v) is 5.22. The van der Waals surface area contributed by atoms with E-state index in [9.17, 15) is 0 Å². The molecule has 4 heteroatoms. The number of rotatable bonds is 4. The number of benzene rings is 1. The Morgan fingerprint density at radius 3 is 2.42 bits per heavy atom. The van der Waals surface area contributed by atoms with Gasteiger partial charge in [0.1, 0.15) is 10.9 Å². The van der Waals surface area contributed by atoms with Crippen LogP contribution in [-0.4, -0.2) is 17.1 Å². The summed E-state index contributed by atoms with van der Waals surface area (Å²) in [5.74, 6) is 2.01. The summed E-state index contributed by atoms with van der Waals surface area (Å²) in [6, 6.07) is 9.48. The molecule has 100 valence electrons. The van der Waals surface area contributed by atoms with E-state index in [2.05, 4.69) is 23.8 Å². The molecule has 2 aromatic rings. The van der Waals surface area contributed by atoms with Gasteiger partial charge in [0.05, 0.1) is 7.11 Å². The lowest BCUT2D eigenvalue weighted by molar-refractivity contribution is 0.415. The normalized spacial score (nSPS) is 10.8. The van der Waals surface area contributed by atoms with Gasteiger partial charge in [-0.15, -0.1) is 0 Å². The molecule has 1 heterocycles. The van der Waals surface area contributed by atoms with E-state index in [1.54, 1.807) is 7.11 Å². The Labute approximate surface area is 118 Å². The third kappa shape index (κ3) is 3.67. The average Bonchev–Trinajstić information content (AvgIpc) is 2.37. The molecule has 0 fully saturated rings. The van der Waals surface area contributed by atoms with Gasteiger partial charge in [-0.05, 0) is 42.7 Å². The van der Waals surface area contributed by atoms with E-state index >= 15 is 0 Å². The number of ether oxygens (including phenoxy) is 1. The SMILES string of the molecule is COc1ccc(-c2nc(Cl)cc(CC(C)C)n2)cc1. The van der Waals surface area contributed by atoms with Gasteiger partial charge in [0.2, 0.25) is 0 Å². The summed E-state index contributed by atoms with van der Waals surface area (Å²) < 4.78 is 5.14. The summed E-state index contributed by atoms with van der Waals surface area (Å²) >= 11 is 6.07. The van der Waals surface area contributed by atoms with Crippen molar-refractivity contribution in [1.29, 1.82) is 0 Å². The topological polar surface area (TPSA) is 35.0 Å². The molecule has 0 radical (unpaired) electrons. The Bertz CT molecular complexity index is 553. The Kier molecular flexibility index (Phi) is 4.38. The van der Waals surface area contributed by atoms with E-state index in [0.29, 0.717) is 16.9 Å². The zero-order chi connectivity index (χ0) is 13.8. The van der Waals surface area contributed by atoms with Crippen molar-refractivity contribution >= 4 is 11.6 Å². The van der Waals surface area contributed by atoms with Gasteiger partial charge >= 0.3 is 0 Å². The predicted molar refractivity (Wildman–Crippen MR) is 77.6 cm³/mol. The number of aromatic nitrogens is 2. The monoisotopic (exact) mass is 276 g/mol. The molecular weight excluding hydrogens is 260 g/mol. The molecule has 0 amide bonds. The zero-order valence-corrected chi connectivity index (χ0v) is 12.1. The molecule has 2 rings (SSSR count). The van der Waals surface area contributed by atoms with Crippen molar-refractivity contribution in [2.45, 2.75) is 20.3 Å². The molecule has 1 aromatic carbocycles. The van der Waals surface area contributed by atoms with Crippen LogP contribution in [0.25, 0.3) is 11.4 Å². The fraction of sp³-hybridized carbons (Fsp3) is 0.333. The molecule has 0 atom stereocenters. The largest absolute Gasteiger partial charge is 0.497 e. The third-order valence-electron chi connectivity index (χ3n) is 2.71. The first-order valence-corrected chi connectivity index (χ1v) is 6.64. The fourth-order valence-corrected chi connectivity index (χ4v) is 2.06. The van der Waals surface area contributed by atoms with Crippen LogP contribution in [0, 0.1) is 5.92 Å². The van der Waals surface area contributed by atoms with Gasteiger partial charge in [-0.25, -0.2) is 9.97 Å². The van der Waals surface area contributed by atoms with Gasteiger partial charge in [0, 0.05) is 11.3 Å². The van der Waals surface area contributed by atoms with Gasteiger partial charge in [0.25, 0.3) is 0 Å². The van der Waals surface area contributed by atoms with E-state index < -0.39 is 0 Å². The molecular formula is C15H17ClN2O. The quantitative estimate of drug-likeness (QED) is 0.792. The summed E-state index contributed by atoms with van der Waals surface area (Å²) in [7, 11) is 1.64. The molecule has 0 aliphatic carbocycles. The van der Waals surface area contributed by atoms with Crippen LogP contribution in [0.5, 0.6) is 5.75 Å². The summed E-state index contributed by atoms with van der Waals surface area (Å²) in [6.07, 6.45) is 0.894. The molecule has 1 aromatic heterocycles. The molecule has 3 nitrogen and oxygen atoms in total. The van der Waals surface area contributed by atoms with Gasteiger partial charge in [-0.2, -0.15) is 0 Å². The summed E-state index contributed by atoms with van der Waals surface area (Å²) in [5.41, 5.74) is 1.91. The van der Waals surface area contributed by atoms with Gasteiger partial charge in [-0.1, -0.05) is 25.4 Å². The maximum absolute atomic E-state index is 6.07. The maximum Gasteiger partial charge on any atom is 0.161 e. The van der Waals surface area contributed by atoms with Crippen LogP contribution in [0.1, 0.15) is 19.5 Å². The van der Waals surface area contributed by atoms with Crippen LogP contribution in [0.15, 0.2) is 30.3 Å². The lowest BCUT2D eigenvalue weighted by atomic mass is 10.1. The van der Waals surface area contributed by atoms with Gasteiger partial charge < -0.3 is 4.74 Å². The minimum Gasteiger partial charge on any atom is -0.497 e. The van der Waals surface area contributed by atoms with Crippen LogP contribution >= 0.6 is 11.6 Å². The molecule has 0 saturated heterocycles. The first-order valence-electron chi connectivity index (χ1n) is 6.26. The van der Waals surface area contributed by atoms with E-state index in [0.717, 1.165) is 23.4 Å². The highest BCUT2D eigenvalue weighted by Crippen LogP contribution is 2.22. The van der Waals surface area contributed by atoms with Crippen molar-refractivity contribution in [3.05, 3.63) is 41.2 Å². The van der Waals surface area contributed by atoms with Crippen LogP contribution in [0.3, 0.4) is 0 Å². The first kappa shape index (κ1) is 13.8. The Hall–Kier alpha value is -1.61. The minimum atomic E-state index is 0.483. The second-order valence-electron chi connectivity index (χ2n) is 4.83. The summed E-state index contributed by atoms with van der Waals surface area (Å²) in [5, 5.41) is 0.483. The zero-order valence-electron chi connectivity index (χ0n) is 11.4. The summed E-state index contributed by atoms with van der Waals surface area (Å²) in [4.78, 5) is 8.84. The standard InChI is InChI=1S/C15H17ClN2O/c1-10(2)8-12-9-14(16)18-15(17-12)11-4-6-13(19-3)7-5-11/h4-7,9-10H,8H2,1-3H3. The van der Waals surface area contributed by atoms with Gasteiger partial charge in [0.15, 0.2) is 5.82 Å². The highest BCUT2D eigenvalue weighted by molar-refractivity contribution is 6.29. The number of nitrogens with zero attached hydrogens (tertiary/aromatic N) is 2. The maximum atomic E-state index is 6.07. The molecule has 0 aliphatic rings. The molecule has 0 aliphatic heterocycles. The van der Waals surface area contributed by atoms with Crippen LogP contribution in [0.2, 0.25) is 5.15 Å². The first-order chi connectivity index (χ1) is 9.08. The fourth-order valence-electron chi connectivity index (χ4n) is 1.86. The Balaban J connectivity index is 2.34. The number of halogens is 1. The molecule has 0 unspecified atom stereocenters. The van der Waals surface area contributed by atoms with Crippen molar-refractivity contribution in [2.75, 3.05) is 7.11 Å². The van der Waals surface area contributed by atoms with E-state index in [-0.39, 0.29) is 0 Å². The van der Waals surface area contributed by atoms with Crippen molar-refractivity contribution in [1.82, 2.24) is 9.97 Å². The Morgan fingerprint density at radius 2 is 1.84 bits per heavy atom. The number of hydrogen-bond donors (Lipinski definition) is 0. The van der Waals surface area contributed by atoms with Crippen LogP contribution in [0.4, 0.5) is 0 Å². The van der Waals surface area contributed by atoms with Crippen molar-refractivity contribution in [3.8, 4) is 17.1 Å². The highest BCUT2D eigenvalue weighted by Gasteiger charge is 2.07. The average molecular weight is 277 g/mol. The summed E-state index contributed by atoms with van der Waals surface area (Å²) in [6.45, 7) is 4.31. The van der Waals surface area contributed by atoms with Crippen LogP contribution in [-0.2, 0) is 6.42 Å². The lowest BCUT2D eigenvalue weighted by Crippen LogP contribution is -2.00. The molecule has 0 bridgehead atoms. The lowest BCUT2D eigenvalue weighted by Gasteiger charge is -2.08. The van der Waals surface area contributed by atoms with Crippen molar-refractivity contribution < 1.29 is 4.74 Å². The number of hydrogen-bond acceptors (Lipinski definition) is 3. The second kappa shape index (κ2) is 6.02. The minimum absolute atomic E-state index is 0.483. The number of methoxy groups -OCH3 is 1. The van der Waals surface area contributed by atoms with Crippen molar-refractivity contribution in [2.24, 2.45) is 5.92 Å². The van der Waals surface area contributed by atoms with E-state index in [1.807, 2.05) is 30.3 Å². The molecule has 0 spiro atoms. The van der Waals surface area contributed by atoms with Crippen LogP contribution < -0.4 is 4.74 Å². The van der Waals surface area contributed by atoms with Gasteiger partial charge in [-0.3, -0.25) is 0 Å². The smallest absolute Gasteiger partial charge is 0.161 e. The Morgan fingerprint density at radius 1 is 1.16 bits per heavy atom. The van der Waals surface area contributed by atoms with Crippen molar-refractivity contribution in [3.63, 3.8) is 0 Å². The van der Waals surface area contributed by atoms with E-state index in [1.165, 1.54) is 0 Å².